The summed E-state index contributed by atoms with van der Waals surface area (Å²) in [5.74, 6) is 0.0637. The Hall–Kier alpha value is -2.41. The molecule has 0 bridgehead atoms. The van der Waals surface area contributed by atoms with Crippen LogP contribution in [0.15, 0.2) is 36.1 Å². The number of nitrogens with zero attached hydrogens (tertiary/aromatic N) is 5. The number of amides is 1. The van der Waals surface area contributed by atoms with Crippen LogP contribution in [0.3, 0.4) is 0 Å². The highest BCUT2D eigenvalue weighted by Gasteiger charge is 2.24. The van der Waals surface area contributed by atoms with Crippen molar-refractivity contribution in [1.82, 2.24) is 19.7 Å². The SMILES string of the molecule is Cn1cc(C(=O)N2CCN(c3ccnc4ccsc34)CC2)cn1. The Morgan fingerprint density at radius 1 is 1.22 bits per heavy atom. The van der Waals surface area contributed by atoms with Gasteiger partial charge < -0.3 is 9.80 Å². The first-order valence-corrected chi connectivity index (χ1v) is 8.45. The zero-order chi connectivity index (χ0) is 15.8. The molecule has 23 heavy (non-hydrogen) atoms. The van der Waals surface area contributed by atoms with Crippen LogP contribution in [0, 0.1) is 0 Å². The number of hydrogen-bond donors (Lipinski definition) is 0. The Kier molecular flexibility index (Phi) is 3.49. The van der Waals surface area contributed by atoms with Crippen LogP contribution >= 0.6 is 11.3 Å². The van der Waals surface area contributed by atoms with Gasteiger partial charge in [-0.25, -0.2) is 0 Å². The number of hydrogen-bond acceptors (Lipinski definition) is 5. The van der Waals surface area contributed by atoms with Crippen molar-refractivity contribution in [2.75, 3.05) is 31.1 Å². The second kappa shape index (κ2) is 5.66. The van der Waals surface area contributed by atoms with Crippen LogP contribution in [0.2, 0.25) is 0 Å². The van der Waals surface area contributed by atoms with Gasteiger partial charge >= 0.3 is 0 Å². The normalized spacial score (nSPS) is 15.3. The van der Waals surface area contributed by atoms with Crippen LogP contribution in [-0.4, -0.2) is 51.8 Å². The molecule has 7 heteroatoms. The number of carbonyl (C=O) groups is 1. The van der Waals surface area contributed by atoms with E-state index in [1.165, 1.54) is 10.4 Å². The van der Waals surface area contributed by atoms with Crippen LogP contribution in [0.1, 0.15) is 10.4 Å². The van der Waals surface area contributed by atoms with Gasteiger partial charge in [0.15, 0.2) is 0 Å². The molecule has 0 spiro atoms. The van der Waals surface area contributed by atoms with Gasteiger partial charge in [-0.15, -0.1) is 11.3 Å². The molecule has 3 aromatic heterocycles. The molecule has 1 fully saturated rings. The van der Waals surface area contributed by atoms with Gasteiger partial charge in [-0.3, -0.25) is 14.5 Å². The van der Waals surface area contributed by atoms with Gasteiger partial charge in [0.25, 0.3) is 5.91 Å². The first-order valence-electron chi connectivity index (χ1n) is 7.57. The summed E-state index contributed by atoms with van der Waals surface area (Å²) in [7, 11) is 1.82. The fourth-order valence-corrected chi connectivity index (χ4v) is 3.87. The molecule has 4 heterocycles. The minimum atomic E-state index is 0.0637. The van der Waals surface area contributed by atoms with Crippen molar-refractivity contribution < 1.29 is 4.79 Å². The van der Waals surface area contributed by atoms with Crippen molar-refractivity contribution in [3.63, 3.8) is 0 Å². The summed E-state index contributed by atoms with van der Waals surface area (Å²) in [6.07, 6.45) is 5.26. The van der Waals surface area contributed by atoms with Gasteiger partial charge in [0.05, 0.1) is 27.7 Å². The number of pyridine rings is 1. The second-order valence-corrected chi connectivity index (χ2v) is 6.56. The fraction of sp³-hybridized carbons (Fsp3) is 0.312. The van der Waals surface area contributed by atoms with E-state index in [2.05, 4.69) is 26.4 Å². The van der Waals surface area contributed by atoms with Crippen LogP contribution in [0.5, 0.6) is 0 Å². The summed E-state index contributed by atoms with van der Waals surface area (Å²) >= 11 is 1.72. The predicted molar refractivity (Wildman–Crippen MR) is 90.9 cm³/mol. The highest BCUT2D eigenvalue weighted by atomic mass is 32.1. The first-order chi connectivity index (χ1) is 11.2. The molecule has 1 aliphatic heterocycles. The molecule has 1 saturated heterocycles. The number of carbonyl (C=O) groups excluding carboxylic acids is 1. The summed E-state index contributed by atoms with van der Waals surface area (Å²) in [6, 6.07) is 4.11. The van der Waals surface area contributed by atoms with Crippen LogP contribution in [-0.2, 0) is 7.05 Å². The minimum Gasteiger partial charge on any atom is -0.367 e. The molecule has 1 aliphatic rings. The largest absolute Gasteiger partial charge is 0.367 e. The number of piperazine rings is 1. The van der Waals surface area contributed by atoms with Crippen LogP contribution in [0.4, 0.5) is 5.69 Å². The number of aromatic nitrogens is 3. The lowest BCUT2D eigenvalue weighted by atomic mass is 10.2. The Morgan fingerprint density at radius 2 is 2.04 bits per heavy atom. The van der Waals surface area contributed by atoms with Gasteiger partial charge in [-0.05, 0) is 17.5 Å². The molecule has 4 rings (SSSR count). The Morgan fingerprint density at radius 3 is 2.78 bits per heavy atom. The average Bonchev–Trinajstić information content (AvgIpc) is 3.22. The zero-order valence-electron chi connectivity index (χ0n) is 12.8. The van der Waals surface area contributed by atoms with E-state index in [1.54, 1.807) is 28.4 Å². The average molecular weight is 327 g/mol. The summed E-state index contributed by atoms with van der Waals surface area (Å²) in [4.78, 5) is 21.1. The van der Waals surface area contributed by atoms with Gasteiger partial charge in [0, 0.05) is 45.6 Å². The fourth-order valence-electron chi connectivity index (χ4n) is 2.97. The smallest absolute Gasteiger partial charge is 0.257 e. The summed E-state index contributed by atoms with van der Waals surface area (Å²) in [5.41, 5.74) is 2.92. The van der Waals surface area contributed by atoms with Gasteiger partial charge in [-0.2, -0.15) is 5.10 Å². The molecule has 0 unspecified atom stereocenters. The van der Waals surface area contributed by atoms with Crippen LogP contribution in [0.25, 0.3) is 10.2 Å². The molecule has 6 nitrogen and oxygen atoms in total. The van der Waals surface area contributed by atoms with Gasteiger partial charge in [0.1, 0.15) is 0 Å². The van der Waals surface area contributed by atoms with Crippen molar-refractivity contribution in [2.45, 2.75) is 0 Å². The monoisotopic (exact) mass is 327 g/mol. The first kappa shape index (κ1) is 14.2. The highest BCUT2D eigenvalue weighted by molar-refractivity contribution is 7.17. The van der Waals surface area contributed by atoms with E-state index in [9.17, 15) is 4.79 Å². The zero-order valence-corrected chi connectivity index (χ0v) is 13.7. The molecular formula is C16H17N5OS. The standard InChI is InChI=1S/C16H17N5OS/c1-19-11-12(10-18-19)16(22)21-7-5-20(6-8-21)14-2-4-17-13-3-9-23-15(13)14/h2-4,9-11H,5-8H2,1H3. The summed E-state index contributed by atoms with van der Waals surface area (Å²) in [5, 5.41) is 6.15. The van der Waals surface area contributed by atoms with Crippen molar-refractivity contribution in [3.8, 4) is 0 Å². The minimum absolute atomic E-state index is 0.0637. The highest BCUT2D eigenvalue weighted by Crippen LogP contribution is 2.30. The molecule has 0 aromatic carbocycles. The number of thiophene rings is 1. The van der Waals surface area contributed by atoms with E-state index < -0.39 is 0 Å². The van der Waals surface area contributed by atoms with Crippen LogP contribution < -0.4 is 4.90 Å². The number of fused-ring (bicyclic) bond motifs is 1. The van der Waals surface area contributed by atoms with Gasteiger partial charge in [-0.1, -0.05) is 0 Å². The van der Waals surface area contributed by atoms with Crippen molar-refractivity contribution in [2.24, 2.45) is 7.05 Å². The van der Waals surface area contributed by atoms with E-state index >= 15 is 0 Å². The maximum absolute atomic E-state index is 12.5. The predicted octanol–water partition coefficient (Wildman–Crippen LogP) is 1.99. The third kappa shape index (κ3) is 2.57. The Bertz CT molecular complexity index is 847. The third-order valence-electron chi connectivity index (χ3n) is 4.18. The summed E-state index contributed by atoms with van der Waals surface area (Å²) in [6.45, 7) is 3.12. The van der Waals surface area contributed by atoms with Crippen molar-refractivity contribution in [3.05, 3.63) is 41.7 Å². The molecule has 0 atom stereocenters. The molecule has 0 radical (unpaired) electrons. The maximum Gasteiger partial charge on any atom is 0.257 e. The van der Waals surface area contributed by atoms with Gasteiger partial charge in [0.2, 0.25) is 0 Å². The van der Waals surface area contributed by atoms with Crippen molar-refractivity contribution >= 4 is 33.1 Å². The van der Waals surface area contributed by atoms with Crippen molar-refractivity contribution in [1.29, 1.82) is 0 Å². The molecule has 1 amide bonds. The van der Waals surface area contributed by atoms with E-state index in [0.29, 0.717) is 5.56 Å². The quantitative estimate of drug-likeness (QED) is 0.722. The molecule has 3 aromatic rings. The molecule has 0 N–H and O–H groups in total. The third-order valence-corrected chi connectivity index (χ3v) is 5.11. The molecule has 0 saturated carbocycles. The summed E-state index contributed by atoms with van der Waals surface area (Å²) < 4.78 is 2.88. The number of anilines is 1. The second-order valence-electron chi connectivity index (χ2n) is 5.65. The Labute approximate surface area is 138 Å². The number of rotatable bonds is 2. The van der Waals surface area contributed by atoms with E-state index in [-0.39, 0.29) is 5.91 Å². The Balaban J connectivity index is 1.49. The molecule has 0 aliphatic carbocycles. The lowest BCUT2D eigenvalue weighted by Crippen LogP contribution is -2.48. The lowest BCUT2D eigenvalue weighted by Gasteiger charge is -2.36. The molecule has 118 valence electrons. The van der Waals surface area contributed by atoms with E-state index in [4.69, 9.17) is 0 Å². The number of aryl methyl sites for hydroxylation is 1. The van der Waals surface area contributed by atoms with E-state index in [0.717, 1.165) is 31.7 Å². The topological polar surface area (TPSA) is 54.3 Å². The molecular weight excluding hydrogens is 310 g/mol. The lowest BCUT2D eigenvalue weighted by molar-refractivity contribution is 0.0747. The maximum atomic E-state index is 12.5. The van der Waals surface area contributed by atoms with E-state index in [1.807, 2.05) is 24.2 Å².